The van der Waals surface area contributed by atoms with Gasteiger partial charge in [0.15, 0.2) is 0 Å². The number of rotatable bonds is 6. The Balaban J connectivity index is 0.00000242. The lowest BCUT2D eigenvalue weighted by Gasteiger charge is -2.07. The van der Waals surface area contributed by atoms with Crippen molar-refractivity contribution in [2.24, 2.45) is 0 Å². The predicted molar refractivity (Wildman–Crippen MR) is 89.4 cm³/mol. The number of ether oxygens (including phenoxy) is 1. The highest BCUT2D eigenvalue weighted by Crippen LogP contribution is 2.07. The molecule has 0 aliphatic heterocycles. The largest absolute Gasteiger partial charge is 0.462 e. The molecule has 1 aromatic heterocycles. The highest BCUT2D eigenvalue weighted by atomic mass is 79.9. The summed E-state index contributed by atoms with van der Waals surface area (Å²) in [4.78, 5) is 28.7. The zero-order chi connectivity index (χ0) is 15.1. The number of H-pyrrole nitrogens is 1. The summed E-state index contributed by atoms with van der Waals surface area (Å²) < 4.78 is 5.13. The van der Waals surface area contributed by atoms with E-state index in [0.29, 0.717) is 30.0 Å². The molecule has 0 aliphatic carbocycles. The number of aromatic nitrogens is 2. The normalized spacial score (nSPS) is 9.64. The number of nitrogen functional groups attached to an aromatic ring is 1. The van der Waals surface area contributed by atoms with Crippen LogP contribution in [0.25, 0.3) is 0 Å². The minimum atomic E-state index is -0.408. The number of benzene rings is 1. The zero-order valence-corrected chi connectivity index (χ0v) is 13.5. The van der Waals surface area contributed by atoms with Crippen molar-refractivity contribution in [3.63, 3.8) is 0 Å². The maximum atomic E-state index is 11.7. The third-order valence-electron chi connectivity index (χ3n) is 2.69. The number of carbonyl (C=O) groups excluding carboxylic acids is 1. The summed E-state index contributed by atoms with van der Waals surface area (Å²) in [5, 5.41) is 3.00. The molecule has 22 heavy (non-hydrogen) atoms. The van der Waals surface area contributed by atoms with Gasteiger partial charge in [-0.1, -0.05) is 0 Å². The van der Waals surface area contributed by atoms with E-state index in [1.54, 1.807) is 30.3 Å². The average molecular weight is 369 g/mol. The number of hydrogen-bond donors (Lipinski definition) is 3. The van der Waals surface area contributed by atoms with Crippen molar-refractivity contribution >= 4 is 34.5 Å². The van der Waals surface area contributed by atoms with E-state index < -0.39 is 5.69 Å². The number of esters is 1. The summed E-state index contributed by atoms with van der Waals surface area (Å²) >= 11 is 0. The van der Waals surface area contributed by atoms with Gasteiger partial charge in [-0.15, -0.1) is 17.0 Å². The topological polar surface area (TPSA) is 110 Å². The zero-order valence-electron chi connectivity index (χ0n) is 11.7. The number of nitrogens with two attached hydrogens (primary N) is 1. The van der Waals surface area contributed by atoms with Gasteiger partial charge in [0, 0.05) is 18.4 Å². The number of nitrogens with zero attached hydrogens (tertiary/aromatic N) is 1. The smallest absolute Gasteiger partial charge is 0.346 e. The molecule has 2 rings (SSSR count). The van der Waals surface area contributed by atoms with Crippen molar-refractivity contribution in [1.82, 2.24) is 9.97 Å². The van der Waals surface area contributed by atoms with E-state index >= 15 is 0 Å². The van der Waals surface area contributed by atoms with Gasteiger partial charge in [0.1, 0.15) is 5.82 Å². The molecule has 4 N–H and O–H groups in total. The van der Waals surface area contributed by atoms with Gasteiger partial charge in [-0.3, -0.25) is 4.98 Å². The van der Waals surface area contributed by atoms with Gasteiger partial charge >= 0.3 is 11.7 Å². The minimum absolute atomic E-state index is 0. The molecule has 1 heterocycles. The first-order chi connectivity index (χ1) is 10.1. The number of nitrogens with one attached hydrogen (secondary N) is 2. The van der Waals surface area contributed by atoms with E-state index in [2.05, 4.69) is 15.3 Å². The Labute approximate surface area is 137 Å². The molecular formula is C14H17BrN4O3. The van der Waals surface area contributed by atoms with Gasteiger partial charge in [0.25, 0.3) is 0 Å². The monoisotopic (exact) mass is 368 g/mol. The van der Waals surface area contributed by atoms with E-state index in [1.807, 2.05) is 0 Å². The summed E-state index contributed by atoms with van der Waals surface area (Å²) in [6.45, 7) is 0.848. The molecular weight excluding hydrogens is 352 g/mol. The third kappa shape index (κ3) is 5.57. The molecule has 0 aliphatic rings. The molecule has 8 heteroatoms. The molecule has 0 fully saturated rings. The van der Waals surface area contributed by atoms with Crippen LogP contribution in [0.3, 0.4) is 0 Å². The van der Waals surface area contributed by atoms with Crippen LogP contribution in [0.2, 0.25) is 0 Å². The maximum absolute atomic E-state index is 11.7. The highest BCUT2D eigenvalue weighted by molar-refractivity contribution is 8.93. The fraction of sp³-hybridized carbons (Fsp3) is 0.214. The van der Waals surface area contributed by atoms with Crippen LogP contribution in [0, 0.1) is 0 Å². The van der Waals surface area contributed by atoms with E-state index in [0.717, 1.165) is 0 Å². The average Bonchev–Trinajstić information content (AvgIpc) is 2.47. The molecule has 0 saturated heterocycles. The molecule has 0 amide bonds. The van der Waals surface area contributed by atoms with Gasteiger partial charge < -0.3 is 15.8 Å². The molecule has 0 atom stereocenters. The molecule has 0 radical (unpaired) electrons. The summed E-state index contributed by atoms with van der Waals surface area (Å²) in [6.07, 6.45) is 2.04. The van der Waals surface area contributed by atoms with Crippen LogP contribution in [-0.4, -0.2) is 29.1 Å². The van der Waals surface area contributed by atoms with Crippen LogP contribution in [0.5, 0.6) is 0 Å². The Morgan fingerprint density at radius 2 is 2.00 bits per heavy atom. The van der Waals surface area contributed by atoms with Gasteiger partial charge in [0.05, 0.1) is 12.2 Å². The quantitative estimate of drug-likeness (QED) is 0.405. The first-order valence-electron chi connectivity index (χ1n) is 6.47. The first kappa shape index (κ1) is 17.7. The molecule has 2 aromatic rings. The second kappa shape index (κ2) is 8.83. The Morgan fingerprint density at radius 1 is 1.27 bits per heavy atom. The number of anilines is 2. The minimum Gasteiger partial charge on any atom is -0.462 e. The highest BCUT2D eigenvalue weighted by Gasteiger charge is 2.05. The summed E-state index contributed by atoms with van der Waals surface area (Å²) in [5.74, 6) is 0.201. The van der Waals surface area contributed by atoms with E-state index in [9.17, 15) is 9.59 Å². The van der Waals surface area contributed by atoms with Crippen molar-refractivity contribution in [3.8, 4) is 0 Å². The second-order valence-electron chi connectivity index (χ2n) is 4.33. The SMILES string of the molecule is Br.Nc1ccc(C(=O)OCCCNc2ccnc(=O)[nH]2)cc1. The lowest BCUT2D eigenvalue weighted by molar-refractivity contribution is 0.0504. The van der Waals surface area contributed by atoms with Crippen LogP contribution < -0.4 is 16.7 Å². The summed E-state index contributed by atoms with van der Waals surface area (Å²) in [6, 6.07) is 8.20. The predicted octanol–water partition coefficient (Wildman–Crippen LogP) is 1.59. The van der Waals surface area contributed by atoms with Crippen molar-refractivity contribution in [2.45, 2.75) is 6.42 Å². The van der Waals surface area contributed by atoms with Gasteiger partial charge in [-0.25, -0.2) is 14.6 Å². The molecule has 0 saturated carbocycles. The Bertz CT molecular complexity index is 658. The van der Waals surface area contributed by atoms with E-state index in [4.69, 9.17) is 10.5 Å². The van der Waals surface area contributed by atoms with Crippen LogP contribution in [0.1, 0.15) is 16.8 Å². The maximum Gasteiger partial charge on any atom is 0.346 e. The van der Waals surface area contributed by atoms with Crippen LogP contribution >= 0.6 is 17.0 Å². The standard InChI is InChI=1S/C14H16N4O3.BrH/c15-11-4-2-10(3-5-11)13(19)21-9-1-7-16-12-6-8-17-14(20)18-12;/h2-6,8H,1,7,9,15H2,(H2,16,17,18,20);1H. The van der Waals surface area contributed by atoms with Crippen LogP contribution in [-0.2, 0) is 4.74 Å². The van der Waals surface area contributed by atoms with Crippen molar-refractivity contribution in [2.75, 3.05) is 24.2 Å². The summed E-state index contributed by atoms with van der Waals surface area (Å²) in [7, 11) is 0. The lowest BCUT2D eigenvalue weighted by atomic mass is 10.2. The fourth-order valence-electron chi connectivity index (χ4n) is 1.63. The molecule has 0 bridgehead atoms. The number of halogens is 1. The van der Waals surface area contributed by atoms with Gasteiger partial charge in [0.2, 0.25) is 0 Å². The van der Waals surface area contributed by atoms with Crippen molar-refractivity contribution in [1.29, 1.82) is 0 Å². The Kier molecular flexibility index (Phi) is 7.11. The fourth-order valence-corrected chi connectivity index (χ4v) is 1.63. The summed E-state index contributed by atoms with van der Waals surface area (Å²) in [5.41, 5.74) is 6.20. The van der Waals surface area contributed by atoms with Crippen LogP contribution in [0.15, 0.2) is 41.3 Å². The molecule has 1 aromatic carbocycles. The Morgan fingerprint density at radius 3 is 2.68 bits per heavy atom. The number of carbonyl (C=O) groups is 1. The van der Waals surface area contributed by atoms with E-state index in [1.165, 1.54) is 6.20 Å². The Hall–Kier alpha value is -2.35. The van der Waals surface area contributed by atoms with Crippen molar-refractivity contribution < 1.29 is 9.53 Å². The molecule has 7 nitrogen and oxygen atoms in total. The number of aromatic amines is 1. The lowest BCUT2D eigenvalue weighted by Crippen LogP contribution is -2.14. The van der Waals surface area contributed by atoms with Crippen LogP contribution in [0.4, 0.5) is 11.5 Å². The van der Waals surface area contributed by atoms with Gasteiger partial charge in [-0.2, -0.15) is 0 Å². The second-order valence-corrected chi connectivity index (χ2v) is 4.33. The molecule has 0 spiro atoms. The van der Waals surface area contributed by atoms with Crippen molar-refractivity contribution in [3.05, 3.63) is 52.6 Å². The van der Waals surface area contributed by atoms with Gasteiger partial charge in [-0.05, 0) is 36.8 Å². The molecule has 0 unspecified atom stereocenters. The first-order valence-corrected chi connectivity index (χ1v) is 6.47. The third-order valence-corrected chi connectivity index (χ3v) is 2.69. The number of hydrogen-bond acceptors (Lipinski definition) is 6. The van der Waals surface area contributed by atoms with E-state index in [-0.39, 0.29) is 29.6 Å². The molecule has 118 valence electrons.